The van der Waals surface area contributed by atoms with E-state index >= 15 is 0 Å². The van der Waals surface area contributed by atoms with Crippen molar-refractivity contribution in [1.82, 2.24) is 0 Å². The van der Waals surface area contributed by atoms with E-state index in [2.05, 4.69) is 23.5 Å². The second-order valence-corrected chi connectivity index (χ2v) is 7.97. The van der Waals surface area contributed by atoms with Crippen LogP contribution in [0.15, 0.2) is 66.2 Å². The monoisotopic (exact) mass is 450 g/mol. The van der Waals surface area contributed by atoms with E-state index in [4.69, 9.17) is 27.9 Å². The maximum absolute atomic E-state index is 12.6. The van der Waals surface area contributed by atoms with Crippen molar-refractivity contribution in [3.05, 3.63) is 98.5 Å². The average molecular weight is 451 g/mol. The van der Waals surface area contributed by atoms with Gasteiger partial charge in [-0.15, -0.1) is 0 Å². The van der Waals surface area contributed by atoms with Gasteiger partial charge in [0.25, 0.3) is 5.91 Å². The molecule has 0 aliphatic carbocycles. The number of hydrogen-bond acceptors (Lipinski definition) is 3. The van der Waals surface area contributed by atoms with Gasteiger partial charge in [-0.3, -0.25) is 4.79 Å². The Bertz CT molecular complexity index is 1160. The number of hydrogen-bond donors (Lipinski definition) is 1. The molecular formula is C25H20Cl2N2O2. The smallest absolute Gasteiger partial charge is 0.266 e. The zero-order valence-corrected chi connectivity index (χ0v) is 18.6. The zero-order valence-electron chi connectivity index (χ0n) is 17.1. The lowest BCUT2D eigenvalue weighted by Crippen LogP contribution is -2.13. The number of aryl methyl sites for hydroxylation is 2. The van der Waals surface area contributed by atoms with Crippen LogP contribution in [0.3, 0.4) is 0 Å². The number of nitriles is 1. The van der Waals surface area contributed by atoms with Crippen LogP contribution >= 0.6 is 23.2 Å². The van der Waals surface area contributed by atoms with Crippen LogP contribution in [-0.2, 0) is 11.4 Å². The maximum Gasteiger partial charge on any atom is 0.266 e. The van der Waals surface area contributed by atoms with Gasteiger partial charge in [-0.25, -0.2) is 0 Å². The molecule has 1 amide bonds. The van der Waals surface area contributed by atoms with E-state index in [1.165, 1.54) is 6.08 Å². The Morgan fingerprint density at radius 3 is 2.29 bits per heavy atom. The highest BCUT2D eigenvalue weighted by molar-refractivity contribution is 6.31. The summed E-state index contributed by atoms with van der Waals surface area (Å²) in [6.45, 7) is 4.42. The number of benzene rings is 3. The standard InChI is InChI=1S/C25H20Cl2N2O2/c1-16-9-17(2)11-18(10-16)15-31-24-8-5-22(27)13-19(24)12-20(14-28)25(30)29-23-6-3-21(26)4-7-23/h3-13H,15H2,1-2H3,(H,29,30)/b20-12+. The summed E-state index contributed by atoms with van der Waals surface area (Å²) in [5, 5.41) is 13.2. The van der Waals surface area contributed by atoms with Crippen molar-refractivity contribution in [2.75, 3.05) is 5.32 Å². The highest BCUT2D eigenvalue weighted by Crippen LogP contribution is 2.27. The van der Waals surface area contributed by atoms with Crippen LogP contribution in [-0.4, -0.2) is 5.91 Å². The van der Waals surface area contributed by atoms with Gasteiger partial charge in [-0.05, 0) is 68.0 Å². The maximum atomic E-state index is 12.6. The molecule has 0 aliphatic heterocycles. The molecular weight excluding hydrogens is 431 g/mol. The van der Waals surface area contributed by atoms with Gasteiger partial charge in [-0.2, -0.15) is 5.26 Å². The first-order chi connectivity index (χ1) is 14.8. The molecule has 6 heteroatoms. The van der Waals surface area contributed by atoms with E-state index < -0.39 is 5.91 Å². The fraction of sp³-hybridized carbons (Fsp3) is 0.120. The predicted molar refractivity (Wildman–Crippen MR) is 125 cm³/mol. The first-order valence-electron chi connectivity index (χ1n) is 9.52. The van der Waals surface area contributed by atoms with Crippen LogP contribution in [0.2, 0.25) is 10.0 Å². The van der Waals surface area contributed by atoms with Crippen molar-refractivity contribution in [3.8, 4) is 11.8 Å². The molecule has 4 nitrogen and oxygen atoms in total. The molecule has 0 unspecified atom stereocenters. The highest BCUT2D eigenvalue weighted by Gasteiger charge is 2.12. The third-order valence-electron chi connectivity index (χ3n) is 4.41. The Balaban J connectivity index is 1.83. The van der Waals surface area contributed by atoms with E-state index in [1.54, 1.807) is 42.5 Å². The molecule has 3 aromatic rings. The molecule has 0 aromatic heterocycles. The number of anilines is 1. The number of rotatable bonds is 6. The topological polar surface area (TPSA) is 62.1 Å². The van der Waals surface area contributed by atoms with Crippen LogP contribution in [0.4, 0.5) is 5.69 Å². The van der Waals surface area contributed by atoms with E-state index in [0.29, 0.717) is 33.7 Å². The van der Waals surface area contributed by atoms with Gasteiger partial charge in [0.2, 0.25) is 0 Å². The second kappa shape index (κ2) is 10.2. The number of nitrogens with zero attached hydrogens (tertiary/aromatic N) is 1. The minimum absolute atomic E-state index is 0.0755. The summed E-state index contributed by atoms with van der Waals surface area (Å²) in [7, 11) is 0. The van der Waals surface area contributed by atoms with Gasteiger partial charge in [0.15, 0.2) is 0 Å². The van der Waals surface area contributed by atoms with Crippen molar-refractivity contribution < 1.29 is 9.53 Å². The minimum Gasteiger partial charge on any atom is -0.488 e. The van der Waals surface area contributed by atoms with Crippen LogP contribution in [0, 0.1) is 25.2 Å². The Kier molecular flexibility index (Phi) is 7.36. The molecule has 0 heterocycles. The van der Waals surface area contributed by atoms with Crippen molar-refractivity contribution in [2.45, 2.75) is 20.5 Å². The normalized spacial score (nSPS) is 11.0. The second-order valence-electron chi connectivity index (χ2n) is 7.10. The van der Waals surface area contributed by atoms with E-state index in [0.717, 1.165) is 16.7 Å². The van der Waals surface area contributed by atoms with Gasteiger partial charge in [0, 0.05) is 21.3 Å². The molecule has 0 aliphatic rings. The Labute approximate surface area is 191 Å². The minimum atomic E-state index is -0.537. The van der Waals surface area contributed by atoms with Crippen molar-refractivity contribution in [1.29, 1.82) is 5.26 Å². The van der Waals surface area contributed by atoms with Gasteiger partial charge in [-0.1, -0.05) is 52.5 Å². The van der Waals surface area contributed by atoms with Crippen LogP contribution in [0.1, 0.15) is 22.3 Å². The van der Waals surface area contributed by atoms with Gasteiger partial charge in [0.1, 0.15) is 24.0 Å². The van der Waals surface area contributed by atoms with E-state index in [9.17, 15) is 10.1 Å². The molecule has 0 saturated heterocycles. The Morgan fingerprint density at radius 2 is 1.65 bits per heavy atom. The van der Waals surface area contributed by atoms with Gasteiger partial charge < -0.3 is 10.1 Å². The lowest BCUT2D eigenvalue weighted by atomic mass is 10.1. The molecule has 0 fully saturated rings. The highest BCUT2D eigenvalue weighted by atomic mass is 35.5. The lowest BCUT2D eigenvalue weighted by Gasteiger charge is -2.12. The molecule has 3 rings (SSSR count). The average Bonchev–Trinajstić information content (AvgIpc) is 2.72. The third kappa shape index (κ3) is 6.36. The quantitative estimate of drug-likeness (QED) is 0.334. The molecule has 156 valence electrons. The fourth-order valence-electron chi connectivity index (χ4n) is 3.11. The summed E-state index contributed by atoms with van der Waals surface area (Å²) in [6.07, 6.45) is 1.47. The molecule has 0 atom stereocenters. The molecule has 0 bridgehead atoms. The zero-order chi connectivity index (χ0) is 22.4. The summed E-state index contributed by atoms with van der Waals surface area (Å²) in [4.78, 5) is 12.6. The van der Waals surface area contributed by atoms with Crippen molar-refractivity contribution >= 4 is 40.9 Å². The molecule has 0 saturated carbocycles. The van der Waals surface area contributed by atoms with E-state index in [1.807, 2.05) is 19.9 Å². The summed E-state index contributed by atoms with van der Waals surface area (Å²) in [6, 6.07) is 19.9. The number of halogens is 2. The van der Waals surface area contributed by atoms with Crippen molar-refractivity contribution in [2.24, 2.45) is 0 Å². The molecule has 1 N–H and O–H groups in total. The summed E-state index contributed by atoms with van der Waals surface area (Å²) in [5.74, 6) is -0.0133. The SMILES string of the molecule is Cc1cc(C)cc(COc2ccc(Cl)cc2/C=C(\C#N)C(=O)Nc2ccc(Cl)cc2)c1. The fourth-order valence-corrected chi connectivity index (χ4v) is 3.42. The largest absolute Gasteiger partial charge is 0.488 e. The van der Waals surface area contributed by atoms with Crippen molar-refractivity contribution in [3.63, 3.8) is 0 Å². The third-order valence-corrected chi connectivity index (χ3v) is 4.90. The predicted octanol–water partition coefficient (Wildman–Crippen LogP) is 6.73. The van der Waals surface area contributed by atoms with Crippen LogP contribution in [0.25, 0.3) is 6.08 Å². The first-order valence-corrected chi connectivity index (χ1v) is 10.3. The number of ether oxygens (including phenoxy) is 1. The first kappa shape index (κ1) is 22.4. The number of nitrogens with one attached hydrogen (secondary N) is 1. The Hall–Kier alpha value is -3.26. The lowest BCUT2D eigenvalue weighted by molar-refractivity contribution is -0.112. The summed E-state index contributed by atoms with van der Waals surface area (Å²) < 4.78 is 5.99. The molecule has 0 radical (unpaired) electrons. The van der Waals surface area contributed by atoms with E-state index in [-0.39, 0.29) is 5.57 Å². The number of carbonyl (C=O) groups excluding carboxylic acids is 1. The number of amides is 1. The number of carbonyl (C=O) groups is 1. The molecule has 0 spiro atoms. The molecule has 31 heavy (non-hydrogen) atoms. The van der Waals surface area contributed by atoms with Crippen LogP contribution in [0.5, 0.6) is 5.75 Å². The summed E-state index contributed by atoms with van der Waals surface area (Å²) in [5.41, 5.74) is 4.34. The summed E-state index contributed by atoms with van der Waals surface area (Å²) >= 11 is 12.0. The van der Waals surface area contributed by atoms with Gasteiger partial charge >= 0.3 is 0 Å². The van der Waals surface area contributed by atoms with Crippen LogP contribution < -0.4 is 10.1 Å². The Morgan fingerprint density at radius 1 is 1.00 bits per heavy atom. The molecule has 3 aromatic carbocycles. The van der Waals surface area contributed by atoms with Gasteiger partial charge in [0.05, 0.1) is 0 Å².